The Labute approximate surface area is 238 Å². The molecule has 2 amide bonds. The van der Waals surface area contributed by atoms with Crippen LogP contribution in [0.5, 0.6) is 0 Å². The van der Waals surface area contributed by atoms with Gasteiger partial charge in [-0.15, -0.1) is 0 Å². The van der Waals surface area contributed by atoms with Crippen molar-refractivity contribution < 1.29 is 22.8 Å². The molecule has 0 N–H and O–H groups in total. The molecule has 8 heteroatoms. The Hall–Kier alpha value is -4.14. The number of para-hydroxylation sites is 1. The van der Waals surface area contributed by atoms with E-state index in [-0.39, 0.29) is 35.5 Å². The summed E-state index contributed by atoms with van der Waals surface area (Å²) >= 11 is 0. The number of benzene rings is 4. The zero-order valence-electron chi connectivity index (χ0n) is 22.4. The fourth-order valence-electron chi connectivity index (χ4n) is 7.18. The van der Waals surface area contributed by atoms with E-state index in [1.165, 1.54) is 9.21 Å². The van der Waals surface area contributed by atoms with Gasteiger partial charge in [0.05, 0.1) is 28.5 Å². The fraction of sp³-hybridized carbons (Fsp3) is 0.242. The third-order valence-electron chi connectivity index (χ3n) is 9.02. The molecule has 3 fully saturated rings. The van der Waals surface area contributed by atoms with Crippen LogP contribution in [-0.4, -0.2) is 36.9 Å². The van der Waals surface area contributed by atoms with Crippen LogP contribution < -0.4 is 4.90 Å². The Bertz CT molecular complexity index is 1810. The number of hydrogen-bond acceptors (Lipinski definition) is 5. The van der Waals surface area contributed by atoms with E-state index < -0.39 is 39.7 Å². The number of rotatable bonds is 4. The van der Waals surface area contributed by atoms with Crippen molar-refractivity contribution in [3.63, 3.8) is 0 Å². The molecule has 7 rings (SSSR count). The molecule has 2 heterocycles. The van der Waals surface area contributed by atoms with Crippen molar-refractivity contribution in [2.45, 2.75) is 24.3 Å². The van der Waals surface area contributed by atoms with Gasteiger partial charge in [-0.05, 0) is 53.4 Å². The second-order valence-corrected chi connectivity index (χ2v) is 13.1. The number of anilines is 1. The zero-order chi connectivity index (χ0) is 28.5. The number of nitrogens with zero attached hydrogens (tertiary/aromatic N) is 2. The van der Waals surface area contributed by atoms with Crippen LogP contribution in [0.3, 0.4) is 0 Å². The summed E-state index contributed by atoms with van der Waals surface area (Å²) in [5, 5.41) is 1.80. The van der Waals surface area contributed by atoms with E-state index in [4.69, 9.17) is 0 Å². The molecule has 7 nitrogen and oxygen atoms in total. The van der Waals surface area contributed by atoms with Crippen LogP contribution in [0.1, 0.15) is 23.6 Å². The lowest BCUT2D eigenvalue weighted by atomic mass is 9.66. The average Bonchev–Trinajstić information content (AvgIpc) is 3.50. The molecule has 4 aromatic rings. The number of aryl methyl sites for hydroxylation is 1. The van der Waals surface area contributed by atoms with Crippen LogP contribution in [-0.2, 0) is 24.4 Å². The molecule has 0 spiro atoms. The highest BCUT2D eigenvalue weighted by Gasteiger charge is 2.64. The summed E-state index contributed by atoms with van der Waals surface area (Å²) in [6, 6.07) is 28.0. The van der Waals surface area contributed by atoms with Crippen molar-refractivity contribution in [3.8, 4) is 0 Å². The molecule has 0 unspecified atom stereocenters. The van der Waals surface area contributed by atoms with Gasteiger partial charge >= 0.3 is 0 Å². The topological polar surface area (TPSA) is 91.8 Å². The molecule has 5 atom stereocenters. The van der Waals surface area contributed by atoms with Crippen LogP contribution >= 0.6 is 0 Å². The van der Waals surface area contributed by atoms with Crippen molar-refractivity contribution in [2.75, 3.05) is 11.4 Å². The predicted molar refractivity (Wildman–Crippen MR) is 154 cm³/mol. The van der Waals surface area contributed by atoms with Gasteiger partial charge in [-0.25, -0.2) is 8.42 Å². The summed E-state index contributed by atoms with van der Waals surface area (Å²) in [6.07, 6.45) is -0.0839. The van der Waals surface area contributed by atoms with Crippen molar-refractivity contribution in [1.82, 2.24) is 4.31 Å². The number of sulfonamides is 1. The number of hydrogen-bond donors (Lipinski definition) is 0. The lowest BCUT2D eigenvalue weighted by Crippen LogP contribution is -2.42. The predicted octanol–water partition coefficient (Wildman–Crippen LogP) is 4.90. The molecule has 206 valence electrons. The minimum Gasteiger partial charge on any atom is -0.299 e. The largest absolute Gasteiger partial charge is 0.299 e. The second-order valence-electron chi connectivity index (χ2n) is 11.2. The van der Waals surface area contributed by atoms with Crippen molar-refractivity contribution >= 4 is 44.1 Å². The highest BCUT2D eigenvalue weighted by molar-refractivity contribution is 7.89. The van der Waals surface area contributed by atoms with E-state index in [2.05, 4.69) is 0 Å². The first-order chi connectivity index (χ1) is 19.8. The molecule has 0 aromatic heterocycles. The summed E-state index contributed by atoms with van der Waals surface area (Å²) in [7, 11) is -4.06. The van der Waals surface area contributed by atoms with Crippen LogP contribution in [0.15, 0.2) is 102 Å². The highest BCUT2D eigenvalue weighted by Crippen LogP contribution is 2.55. The Morgan fingerprint density at radius 3 is 2.17 bits per heavy atom. The van der Waals surface area contributed by atoms with Crippen LogP contribution in [0.2, 0.25) is 0 Å². The maximum Gasteiger partial charge on any atom is 0.243 e. The number of Topliss-reactive ketones (excluding diaryl/α,β-unsaturated/α-hetero) is 1. The van der Waals surface area contributed by atoms with Gasteiger partial charge in [0.1, 0.15) is 5.78 Å². The van der Waals surface area contributed by atoms with Crippen LogP contribution in [0.25, 0.3) is 10.8 Å². The maximum atomic E-state index is 14.3. The van der Waals surface area contributed by atoms with Crippen molar-refractivity contribution in [2.24, 2.45) is 23.7 Å². The van der Waals surface area contributed by atoms with Gasteiger partial charge < -0.3 is 0 Å². The molecule has 2 saturated heterocycles. The van der Waals surface area contributed by atoms with Gasteiger partial charge in [0, 0.05) is 18.9 Å². The number of carbonyl (C=O) groups excluding carboxylic acids is 3. The van der Waals surface area contributed by atoms with E-state index in [9.17, 15) is 22.8 Å². The monoisotopic (exact) mass is 564 g/mol. The number of amides is 2. The van der Waals surface area contributed by atoms with Gasteiger partial charge in [0.2, 0.25) is 21.8 Å². The minimum atomic E-state index is -4.06. The summed E-state index contributed by atoms with van der Waals surface area (Å²) in [6.45, 7) is 1.86. The highest BCUT2D eigenvalue weighted by atomic mass is 32.2. The quantitative estimate of drug-likeness (QED) is 0.329. The third kappa shape index (κ3) is 3.89. The summed E-state index contributed by atoms with van der Waals surface area (Å²) in [4.78, 5) is 42.8. The molecular weight excluding hydrogens is 536 g/mol. The van der Waals surface area contributed by atoms with E-state index in [0.717, 1.165) is 21.9 Å². The molecule has 2 aliphatic heterocycles. The SMILES string of the molecule is Cc1ccc(S(=O)(=O)N2C[C@H]3[C@H]4C(=O)N(c5ccccc5)C(=O)[C@H]4CC(=O)[C@H]3[C@@H]2c2cccc3ccccc23)cc1. The number of carbonyl (C=O) groups is 3. The van der Waals surface area contributed by atoms with Gasteiger partial charge in [-0.1, -0.05) is 78.4 Å². The summed E-state index contributed by atoms with van der Waals surface area (Å²) in [5.74, 6) is -3.88. The summed E-state index contributed by atoms with van der Waals surface area (Å²) in [5.41, 5.74) is 2.13. The standard InChI is InChI=1S/C33H28N2O5S/c1-20-14-16-23(17-15-20)41(39,40)34-19-27-29-26(32(37)35(33(29)38)22-10-3-2-4-11-22)18-28(36)30(27)31(34)25-13-7-9-21-8-5-6-12-24(21)25/h2-17,26-27,29-31H,18-19H2,1H3/t26-,27-,29-,30-,31-/m0/s1. The molecule has 3 aliphatic rings. The molecule has 0 bridgehead atoms. The Balaban J connectivity index is 1.39. The summed E-state index contributed by atoms with van der Waals surface area (Å²) < 4.78 is 30.0. The first-order valence-electron chi connectivity index (χ1n) is 13.8. The second kappa shape index (κ2) is 9.46. The Morgan fingerprint density at radius 1 is 0.732 bits per heavy atom. The fourth-order valence-corrected chi connectivity index (χ4v) is 8.84. The Kier molecular flexibility index (Phi) is 5.96. The van der Waals surface area contributed by atoms with Gasteiger partial charge in [-0.2, -0.15) is 4.31 Å². The van der Waals surface area contributed by atoms with Gasteiger partial charge in [0.25, 0.3) is 0 Å². The lowest BCUT2D eigenvalue weighted by molar-refractivity contribution is -0.136. The first-order valence-corrected chi connectivity index (χ1v) is 15.2. The molecule has 1 saturated carbocycles. The first kappa shape index (κ1) is 25.8. The lowest BCUT2D eigenvalue weighted by Gasteiger charge is -2.34. The van der Waals surface area contributed by atoms with Crippen LogP contribution in [0.4, 0.5) is 5.69 Å². The third-order valence-corrected chi connectivity index (χ3v) is 10.9. The molecule has 1 aliphatic carbocycles. The maximum absolute atomic E-state index is 14.3. The van der Waals surface area contributed by atoms with E-state index >= 15 is 0 Å². The normalized spacial score (nSPS) is 26.4. The number of ketones is 1. The smallest absolute Gasteiger partial charge is 0.243 e. The molecule has 4 aromatic carbocycles. The molecule has 0 radical (unpaired) electrons. The zero-order valence-corrected chi connectivity index (χ0v) is 23.2. The Morgan fingerprint density at radius 2 is 1.41 bits per heavy atom. The van der Waals surface area contributed by atoms with Crippen molar-refractivity contribution in [3.05, 3.63) is 108 Å². The molecular formula is C33H28N2O5S. The van der Waals surface area contributed by atoms with E-state index in [1.807, 2.05) is 49.4 Å². The molecule has 41 heavy (non-hydrogen) atoms. The van der Waals surface area contributed by atoms with Crippen molar-refractivity contribution in [1.29, 1.82) is 0 Å². The van der Waals surface area contributed by atoms with Gasteiger partial charge in [-0.3, -0.25) is 19.3 Å². The van der Waals surface area contributed by atoms with Gasteiger partial charge in [0.15, 0.2) is 0 Å². The van der Waals surface area contributed by atoms with E-state index in [0.29, 0.717) is 5.69 Å². The minimum absolute atomic E-state index is 0.0245. The van der Waals surface area contributed by atoms with Crippen LogP contribution in [0, 0.1) is 30.6 Å². The average molecular weight is 565 g/mol. The number of imide groups is 1. The van der Waals surface area contributed by atoms with E-state index in [1.54, 1.807) is 54.6 Å². The number of fused-ring (bicyclic) bond motifs is 4.